The minimum Gasteiger partial charge on any atom is -0.481 e. The molecule has 10 nitrogen and oxygen atoms in total. The van der Waals surface area contributed by atoms with Crippen LogP contribution in [0.3, 0.4) is 0 Å². The lowest BCUT2D eigenvalue weighted by molar-refractivity contribution is -0.195. The van der Waals surface area contributed by atoms with Crippen LogP contribution in [0.2, 0.25) is 0 Å². The SMILES string of the molecule is CC(=O)OC(CCCN(Cc1ccccc1)C(=O)C1[C@@H](C(=O)OCc2ccccc2)C(C(=O)O)[C@@H]1C(=O)OCc1ccccc1)C(C)Cc1ccccc1. The second-order valence-electron chi connectivity index (χ2n) is 13.8. The Morgan fingerprint density at radius 2 is 1.07 bits per heavy atom. The number of carbonyl (C=O) groups excluding carboxylic acids is 4. The Morgan fingerprint density at radius 1 is 0.630 bits per heavy atom. The van der Waals surface area contributed by atoms with Gasteiger partial charge in [-0.25, -0.2) is 0 Å². The van der Waals surface area contributed by atoms with E-state index in [4.69, 9.17) is 14.2 Å². The molecule has 0 aromatic heterocycles. The van der Waals surface area contributed by atoms with Gasteiger partial charge in [-0.1, -0.05) is 128 Å². The first-order valence-corrected chi connectivity index (χ1v) is 18.3. The Labute approximate surface area is 316 Å². The van der Waals surface area contributed by atoms with Gasteiger partial charge in [0.1, 0.15) is 19.3 Å². The van der Waals surface area contributed by atoms with Crippen LogP contribution < -0.4 is 0 Å². The number of benzene rings is 4. The molecule has 0 aliphatic heterocycles. The molecule has 0 bridgehead atoms. The van der Waals surface area contributed by atoms with Crippen molar-refractivity contribution in [2.75, 3.05) is 6.54 Å². The molecule has 4 aromatic rings. The number of rotatable bonds is 18. The van der Waals surface area contributed by atoms with Crippen molar-refractivity contribution in [1.29, 1.82) is 0 Å². The third-order valence-corrected chi connectivity index (χ3v) is 9.91. The standard InChI is InChI=1S/C44H47NO9/c1-30(26-32-16-7-3-8-17-32)36(54-31(2)46)24-15-25-45(27-33-18-9-4-10-19-33)41(47)37-39(43(50)52-28-34-20-11-5-12-21-34)38(42(48)49)40(37)44(51)53-29-35-22-13-6-14-23-35/h3-14,16-23,30,36-40H,15,24-29H2,1-2H3,(H,48,49)/t30?,36?,37?,38?,39-,40-/m1/s1. The topological polar surface area (TPSA) is 137 Å². The van der Waals surface area contributed by atoms with E-state index in [0.29, 0.717) is 30.4 Å². The first kappa shape index (κ1) is 39.4. The van der Waals surface area contributed by atoms with E-state index in [-0.39, 0.29) is 32.2 Å². The molecule has 1 aliphatic carbocycles. The average Bonchev–Trinajstić information content (AvgIpc) is 3.16. The molecule has 0 radical (unpaired) electrons. The summed E-state index contributed by atoms with van der Waals surface area (Å²) in [7, 11) is 0. The van der Waals surface area contributed by atoms with Crippen molar-refractivity contribution >= 4 is 29.8 Å². The Morgan fingerprint density at radius 3 is 1.52 bits per heavy atom. The van der Waals surface area contributed by atoms with Gasteiger partial charge < -0.3 is 24.2 Å². The van der Waals surface area contributed by atoms with Crippen LogP contribution in [0, 0.1) is 29.6 Å². The largest absolute Gasteiger partial charge is 0.481 e. The van der Waals surface area contributed by atoms with Crippen LogP contribution in [-0.4, -0.2) is 52.4 Å². The highest BCUT2D eigenvalue weighted by Gasteiger charge is 2.65. The van der Waals surface area contributed by atoms with Gasteiger partial charge >= 0.3 is 23.9 Å². The van der Waals surface area contributed by atoms with Gasteiger partial charge in [0.05, 0.1) is 23.7 Å². The quantitative estimate of drug-likeness (QED) is 0.0880. The summed E-state index contributed by atoms with van der Waals surface area (Å²) in [5.74, 6) is -9.85. The second-order valence-corrected chi connectivity index (χ2v) is 13.8. The number of nitrogens with zero attached hydrogens (tertiary/aromatic N) is 1. The van der Waals surface area contributed by atoms with E-state index in [1.54, 1.807) is 53.4 Å². The molecule has 1 amide bonds. The molecule has 1 aliphatic rings. The molecule has 2 unspecified atom stereocenters. The first-order chi connectivity index (χ1) is 26.1. The fourth-order valence-corrected chi connectivity index (χ4v) is 7.15. The summed E-state index contributed by atoms with van der Waals surface area (Å²) in [5, 5.41) is 10.4. The van der Waals surface area contributed by atoms with Crippen molar-refractivity contribution in [2.24, 2.45) is 29.6 Å². The molecule has 0 spiro atoms. The van der Waals surface area contributed by atoms with Gasteiger partial charge in [-0.15, -0.1) is 0 Å². The highest BCUT2D eigenvalue weighted by Crippen LogP contribution is 2.49. The second kappa shape index (κ2) is 19.3. The fraction of sp³-hybridized carbons (Fsp3) is 0.341. The fourth-order valence-electron chi connectivity index (χ4n) is 7.15. The molecule has 10 heteroatoms. The number of esters is 3. The Hall–Kier alpha value is -5.77. The number of hydrogen-bond acceptors (Lipinski definition) is 8. The molecule has 5 rings (SSSR count). The third-order valence-electron chi connectivity index (χ3n) is 9.91. The van der Waals surface area contributed by atoms with Crippen LogP contribution in [0.15, 0.2) is 121 Å². The summed E-state index contributed by atoms with van der Waals surface area (Å²) in [4.78, 5) is 68.6. The van der Waals surface area contributed by atoms with Crippen molar-refractivity contribution in [2.45, 2.75) is 59.0 Å². The highest BCUT2D eigenvalue weighted by molar-refractivity contribution is 5.98. The van der Waals surface area contributed by atoms with Crippen LogP contribution in [-0.2, 0) is 64.4 Å². The van der Waals surface area contributed by atoms with Gasteiger partial charge in [-0.2, -0.15) is 0 Å². The van der Waals surface area contributed by atoms with Crippen LogP contribution in [0.4, 0.5) is 0 Å². The van der Waals surface area contributed by atoms with Crippen LogP contribution >= 0.6 is 0 Å². The lowest BCUT2D eigenvalue weighted by Crippen LogP contribution is -2.62. The van der Waals surface area contributed by atoms with Crippen molar-refractivity contribution < 1.29 is 43.3 Å². The predicted octanol–water partition coefficient (Wildman–Crippen LogP) is 6.66. The molecule has 4 atom stereocenters. The zero-order valence-corrected chi connectivity index (χ0v) is 30.6. The first-order valence-electron chi connectivity index (χ1n) is 18.3. The molecular formula is C44H47NO9. The van der Waals surface area contributed by atoms with E-state index in [1.807, 2.05) is 79.7 Å². The number of ether oxygens (including phenoxy) is 3. The summed E-state index contributed by atoms with van der Waals surface area (Å²) in [6.07, 6.45) is 1.12. The summed E-state index contributed by atoms with van der Waals surface area (Å²) < 4.78 is 17.0. The van der Waals surface area contributed by atoms with Crippen LogP contribution in [0.5, 0.6) is 0 Å². The molecule has 0 saturated heterocycles. The van der Waals surface area contributed by atoms with E-state index in [2.05, 4.69) is 0 Å². The van der Waals surface area contributed by atoms with Crippen LogP contribution in [0.1, 0.15) is 48.9 Å². The summed E-state index contributed by atoms with van der Waals surface area (Å²) in [5.41, 5.74) is 3.29. The molecule has 282 valence electrons. The van der Waals surface area contributed by atoms with Gasteiger partial charge in [0.25, 0.3) is 0 Å². The maximum absolute atomic E-state index is 14.7. The molecule has 4 aromatic carbocycles. The number of hydrogen-bond donors (Lipinski definition) is 1. The lowest BCUT2D eigenvalue weighted by atomic mass is 9.55. The zero-order valence-electron chi connectivity index (χ0n) is 30.6. The zero-order chi connectivity index (χ0) is 38.5. The van der Waals surface area contributed by atoms with Gasteiger partial charge in [-0.05, 0) is 47.4 Å². The van der Waals surface area contributed by atoms with Gasteiger partial charge in [0.2, 0.25) is 5.91 Å². The van der Waals surface area contributed by atoms with E-state index in [1.165, 1.54) is 6.92 Å². The van der Waals surface area contributed by atoms with E-state index < -0.39 is 59.6 Å². The number of carboxylic acid groups (broad SMARTS) is 1. The van der Waals surface area contributed by atoms with E-state index >= 15 is 0 Å². The number of amides is 1. The Kier molecular flexibility index (Phi) is 14.1. The van der Waals surface area contributed by atoms with Gasteiger partial charge in [0.15, 0.2) is 0 Å². The maximum Gasteiger partial charge on any atom is 0.311 e. The number of aliphatic carboxylic acids is 1. The highest BCUT2D eigenvalue weighted by atomic mass is 16.5. The van der Waals surface area contributed by atoms with Gasteiger partial charge in [0, 0.05) is 20.0 Å². The van der Waals surface area contributed by atoms with E-state index in [0.717, 1.165) is 11.1 Å². The minimum absolute atomic E-state index is 0.0231. The van der Waals surface area contributed by atoms with Gasteiger partial charge in [-0.3, -0.25) is 24.0 Å². The lowest BCUT2D eigenvalue weighted by Gasteiger charge is -2.47. The smallest absolute Gasteiger partial charge is 0.311 e. The molecule has 1 saturated carbocycles. The molecular weight excluding hydrogens is 686 g/mol. The normalized spacial score (nSPS) is 18.6. The van der Waals surface area contributed by atoms with E-state index in [9.17, 15) is 29.1 Å². The third kappa shape index (κ3) is 10.7. The van der Waals surface area contributed by atoms with Crippen LogP contribution in [0.25, 0.3) is 0 Å². The summed E-state index contributed by atoms with van der Waals surface area (Å²) in [6.45, 7) is 3.47. The summed E-state index contributed by atoms with van der Waals surface area (Å²) in [6, 6.07) is 37.0. The molecule has 1 N–H and O–H groups in total. The maximum atomic E-state index is 14.7. The average molecular weight is 734 g/mol. The number of carbonyl (C=O) groups is 5. The van der Waals surface area contributed by atoms with Crippen molar-refractivity contribution in [3.05, 3.63) is 144 Å². The number of carboxylic acids is 1. The monoisotopic (exact) mass is 733 g/mol. The molecule has 1 fully saturated rings. The summed E-state index contributed by atoms with van der Waals surface area (Å²) >= 11 is 0. The molecule has 54 heavy (non-hydrogen) atoms. The molecule has 0 heterocycles. The van der Waals surface area contributed by atoms with Crippen molar-refractivity contribution in [3.63, 3.8) is 0 Å². The predicted molar refractivity (Wildman–Crippen MR) is 200 cm³/mol. The Balaban J connectivity index is 1.40. The van der Waals surface area contributed by atoms with Crippen molar-refractivity contribution in [1.82, 2.24) is 4.90 Å². The minimum atomic E-state index is -1.53. The van der Waals surface area contributed by atoms with Crippen molar-refractivity contribution in [3.8, 4) is 0 Å². The Bertz CT molecular complexity index is 1770.